The molecule has 1 aromatic rings. The third-order valence-corrected chi connectivity index (χ3v) is 3.47. The molecule has 2 rings (SSSR count). The number of hydrogen-bond donors (Lipinski definition) is 1. The number of H-pyrrole nitrogens is 1. The number of nitrogens with one attached hydrogen (secondary N) is 1. The van der Waals surface area contributed by atoms with Crippen LogP contribution in [-0.4, -0.2) is 22.8 Å². The molecule has 1 aliphatic heterocycles. The van der Waals surface area contributed by atoms with Crippen LogP contribution in [0.4, 0.5) is 0 Å². The third kappa shape index (κ3) is 1.88. The summed E-state index contributed by atoms with van der Waals surface area (Å²) in [5.74, 6) is 0. The fourth-order valence-corrected chi connectivity index (χ4v) is 2.75. The number of hydrogen-bond acceptors (Lipinski definition) is 2. The Hall–Kier alpha value is -0.610. The number of aromatic amines is 1. The van der Waals surface area contributed by atoms with Crippen molar-refractivity contribution in [2.45, 2.75) is 38.6 Å². The van der Waals surface area contributed by atoms with E-state index in [9.17, 15) is 0 Å². The molecule has 4 heteroatoms. The number of aryl methyl sites for hydroxylation is 1. The highest BCUT2D eigenvalue weighted by Gasteiger charge is 2.31. The lowest BCUT2D eigenvalue weighted by atomic mass is 9.94. The molecule has 0 bridgehead atoms. The second-order valence-corrected chi connectivity index (χ2v) is 4.81. The second kappa shape index (κ2) is 4.10. The number of rotatable bonds is 2. The van der Waals surface area contributed by atoms with Crippen molar-refractivity contribution in [1.82, 2.24) is 9.55 Å². The molecule has 3 nitrogen and oxygen atoms in total. The van der Waals surface area contributed by atoms with E-state index in [0.29, 0.717) is 0 Å². The molecule has 84 valence electrons. The Kier molecular flexibility index (Phi) is 2.98. The van der Waals surface area contributed by atoms with Crippen LogP contribution in [0.15, 0.2) is 6.20 Å². The van der Waals surface area contributed by atoms with Crippen molar-refractivity contribution in [2.24, 2.45) is 0 Å². The molecule has 1 saturated heterocycles. The SMILES string of the molecule is CCc1c[nH]c(=S)n1C1(C)CCCOC1. The van der Waals surface area contributed by atoms with E-state index >= 15 is 0 Å². The van der Waals surface area contributed by atoms with Crippen molar-refractivity contribution in [1.29, 1.82) is 0 Å². The maximum absolute atomic E-state index is 5.58. The molecule has 1 fully saturated rings. The third-order valence-electron chi connectivity index (χ3n) is 3.17. The lowest BCUT2D eigenvalue weighted by molar-refractivity contribution is 0.00770. The van der Waals surface area contributed by atoms with E-state index in [4.69, 9.17) is 17.0 Å². The summed E-state index contributed by atoms with van der Waals surface area (Å²) in [6, 6.07) is 0. The molecule has 1 atom stereocenters. The zero-order valence-electron chi connectivity index (χ0n) is 9.38. The maximum atomic E-state index is 5.58. The van der Waals surface area contributed by atoms with Crippen LogP contribution in [0.2, 0.25) is 0 Å². The Bertz CT molecular complexity index is 388. The minimum Gasteiger partial charge on any atom is -0.379 e. The number of aromatic nitrogens is 2. The van der Waals surface area contributed by atoms with E-state index in [1.165, 1.54) is 5.69 Å². The first-order chi connectivity index (χ1) is 7.17. The van der Waals surface area contributed by atoms with Gasteiger partial charge < -0.3 is 14.3 Å². The summed E-state index contributed by atoms with van der Waals surface area (Å²) in [7, 11) is 0. The maximum Gasteiger partial charge on any atom is 0.177 e. The van der Waals surface area contributed by atoms with Crippen LogP contribution < -0.4 is 0 Å². The van der Waals surface area contributed by atoms with Gasteiger partial charge in [-0.2, -0.15) is 0 Å². The van der Waals surface area contributed by atoms with E-state index in [0.717, 1.165) is 37.2 Å². The summed E-state index contributed by atoms with van der Waals surface area (Å²) in [5, 5.41) is 0. The van der Waals surface area contributed by atoms with Gasteiger partial charge in [-0.25, -0.2) is 0 Å². The van der Waals surface area contributed by atoms with Gasteiger partial charge in [0.2, 0.25) is 0 Å². The largest absolute Gasteiger partial charge is 0.379 e. The van der Waals surface area contributed by atoms with Crippen molar-refractivity contribution >= 4 is 12.2 Å². The van der Waals surface area contributed by atoms with Crippen LogP contribution >= 0.6 is 12.2 Å². The Morgan fingerprint density at radius 3 is 3.07 bits per heavy atom. The van der Waals surface area contributed by atoms with Crippen LogP contribution in [0.1, 0.15) is 32.4 Å². The molecule has 1 aliphatic rings. The van der Waals surface area contributed by atoms with Crippen LogP contribution in [0.25, 0.3) is 0 Å². The molecular formula is C11H18N2OS. The van der Waals surface area contributed by atoms with Crippen LogP contribution in [0.3, 0.4) is 0 Å². The van der Waals surface area contributed by atoms with E-state index in [2.05, 4.69) is 23.4 Å². The van der Waals surface area contributed by atoms with Gasteiger partial charge in [0, 0.05) is 18.5 Å². The molecule has 1 aromatic heterocycles. The van der Waals surface area contributed by atoms with Gasteiger partial charge in [0.25, 0.3) is 0 Å². The van der Waals surface area contributed by atoms with E-state index in [1.54, 1.807) is 0 Å². The van der Waals surface area contributed by atoms with Crippen molar-refractivity contribution in [2.75, 3.05) is 13.2 Å². The average Bonchev–Trinajstić information content (AvgIpc) is 2.61. The summed E-state index contributed by atoms with van der Waals surface area (Å²) in [5.41, 5.74) is 1.31. The topological polar surface area (TPSA) is 29.9 Å². The Labute approximate surface area is 95.5 Å². The quantitative estimate of drug-likeness (QED) is 0.786. The molecule has 0 saturated carbocycles. The molecule has 15 heavy (non-hydrogen) atoms. The van der Waals surface area contributed by atoms with E-state index in [1.807, 2.05) is 6.20 Å². The molecular weight excluding hydrogens is 208 g/mol. The van der Waals surface area contributed by atoms with Gasteiger partial charge >= 0.3 is 0 Å². The Morgan fingerprint density at radius 2 is 2.47 bits per heavy atom. The van der Waals surface area contributed by atoms with Crippen molar-refractivity contribution in [3.8, 4) is 0 Å². The summed E-state index contributed by atoms with van der Waals surface area (Å²) in [6.45, 7) is 6.04. The predicted molar refractivity (Wildman–Crippen MR) is 62.7 cm³/mol. The molecule has 1 N–H and O–H groups in total. The first-order valence-electron chi connectivity index (χ1n) is 5.55. The van der Waals surface area contributed by atoms with Gasteiger partial charge in [0.05, 0.1) is 12.1 Å². The standard InChI is InChI=1S/C11H18N2OS/c1-3-9-7-12-10(15)13(9)11(2)5-4-6-14-8-11/h7H,3-6,8H2,1-2H3,(H,12,15). The second-order valence-electron chi connectivity index (χ2n) is 4.43. The van der Waals surface area contributed by atoms with Gasteiger partial charge in [0.15, 0.2) is 4.77 Å². The lowest BCUT2D eigenvalue weighted by Gasteiger charge is -2.36. The lowest BCUT2D eigenvalue weighted by Crippen LogP contribution is -2.40. The molecule has 1 unspecified atom stereocenters. The highest BCUT2D eigenvalue weighted by Crippen LogP contribution is 2.28. The zero-order valence-corrected chi connectivity index (χ0v) is 10.2. The van der Waals surface area contributed by atoms with Crippen LogP contribution in [0, 0.1) is 4.77 Å². The molecule has 0 amide bonds. The fraction of sp³-hybridized carbons (Fsp3) is 0.727. The van der Waals surface area contributed by atoms with Gasteiger partial charge in [-0.15, -0.1) is 0 Å². The van der Waals surface area contributed by atoms with Crippen LogP contribution in [-0.2, 0) is 16.7 Å². The van der Waals surface area contributed by atoms with Gasteiger partial charge in [-0.05, 0) is 38.4 Å². The zero-order chi connectivity index (χ0) is 10.9. The van der Waals surface area contributed by atoms with Crippen molar-refractivity contribution in [3.63, 3.8) is 0 Å². The summed E-state index contributed by atoms with van der Waals surface area (Å²) in [6.07, 6.45) is 5.28. The highest BCUT2D eigenvalue weighted by molar-refractivity contribution is 7.71. The summed E-state index contributed by atoms with van der Waals surface area (Å²) >= 11 is 5.34. The monoisotopic (exact) mass is 226 g/mol. The average molecular weight is 226 g/mol. The normalized spacial score (nSPS) is 26.8. The molecule has 0 radical (unpaired) electrons. The molecule has 2 heterocycles. The minimum absolute atomic E-state index is 0.0423. The number of ether oxygens (including phenoxy) is 1. The number of nitrogens with zero attached hydrogens (tertiary/aromatic N) is 1. The predicted octanol–water partition coefficient (Wildman–Crippen LogP) is 2.63. The Balaban J connectivity index is 2.42. The molecule has 0 aromatic carbocycles. The van der Waals surface area contributed by atoms with E-state index in [-0.39, 0.29) is 5.54 Å². The minimum atomic E-state index is 0.0423. The Morgan fingerprint density at radius 1 is 1.67 bits per heavy atom. The van der Waals surface area contributed by atoms with Gasteiger partial charge in [-0.3, -0.25) is 0 Å². The smallest absolute Gasteiger partial charge is 0.177 e. The fourth-order valence-electron chi connectivity index (χ4n) is 2.35. The van der Waals surface area contributed by atoms with Crippen LogP contribution in [0.5, 0.6) is 0 Å². The number of imidazole rings is 1. The summed E-state index contributed by atoms with van der Waals surface area (Å²) in [4.78, 5) is 3.13. The summed E-state index contributed by atoms with van der Waals surface area (Å²) < 4.78 is 8.64. The molecule has 0 spiro atoms. The molecule has 0 aliphatic carbocycles. The van der Waals surface area contributed by atoms with Crippen molar-refractivity contribution < 1.29 is 4.74 Å². The first kappa shape index (κ1) is 10.9. The van der Waals surface area contributed by atoms with Gasteiger partial charge in [-0.1, -0.05) is 6.92 Å². The highest BCUT2D eigenvalue weighted by atomic mass is 32.1. The van der Waals surface area contributed by atoms with Gasteiger partial charge in [0.1, 0.15) is 0 Å². The first-order valence-corrected chi connectivity index (χ1v) is 5.96. The van der Waals surface area contributed by atoms with E-state index < -0.39 is 0 Å². The van der Waals surface area contributed by atoms with Crippen molar-refractivity contribution in [3.05, 3.63) is 16.7 Å².